The van der Waals surface area contributed by atoms with E-state index in [4.69, 9.17) is 12.8 Å². The van der Waals surface area contributed by atoms with Crippen LogP contribution >= 0.6 is 0 Å². The van der Waals surface area contributed by atoms with E-state index in [1.54, 1.807) is 0 Å². The first-order valence-corrected chi connectivity index (χ1v) is 10.7. The smallest absolute Gasteiger partial charge is 0.0528 e. The van der Waals surface area contributed by atoms with Crippen LogP contribution in [-0.2, 0) is 13.1 Å². The summed E-state index contributed by atoms with van der Waals surface area (Å²) in [5, 5.41) is 9.40. The zero-order chi connectivity index (χ0) is 22.5. The van der Waals surface area contributed by atoms with Gasteiger partial charge in [0.15, 0.2) is 0 Å². The molecule has 0 saturated heterocycles. The summed E-state index contributed by atoms with van der Waals surface area (Å²) in [6, 6.07) is 16.3. The van der Waals surface area contributed by atoms with Gasteiger partial charge in [-0.2, -0.15) is 0 Å². The summed E-state index contributed by atoms with van der Waals surface area (Å²) < 4.78 is 0. The molecule has 158 valence electrons. The van der Waals surface area contributed by atoms with Gasteiger partial charge in [0.25, 0.3) is 0 Å². The fraction of sp³-hybridized carbons (Fsp3) is 0.241. The zero-order valence-corrected chi connectivity index (χ0v) is 18.5. The molecule has 0 bridgehead atoms. The standard InChI is InChI=1S/C27H25NO.C2H6/c1-3-22-8-12-25(13-9-22)19-28(20-26-14-10-23(4-2)11-15-26)18-24-6-5-7-27(21-29)17-16-24;1-2/h1-2,5-17,27,29H,18-21H2;1-2H3. The second-order valence-corrected chi connectivity index (χ2v) is 7.16. The first-order valence-electron chi connectivity index (χ1n) is 10.7. The first kappa shape index (κ1) is 24.0. The van der Waals surface area contributed by atoms with Crippen molar-refractivity contribution in [2.45, 2.75) is 26.9 Å². The van der Waals surface area contributed by atoms with E-state index < -0.39 is 0 Å². The molecule has 2 aromatic carbocycles. The van der Waals surface area contributed by atoms with Crippen molar-refractivity contribution in [1.29, 1.82) is 0 Å². The topological polar surface area (TPSA) is 23.5 Å². The summed E-state index contributed by atoms with van der Waals surface area (Å²) in [6.45, 7) is 6.54. The van der Waals surface area contributed by atoms with Gasteiger partial charge < -0.3 is 5.11 Å². The van der Waals surface area contributed by atoms with Crippen molar-refractivity contribution >= 4 is 0 Å². The molecule has 0 aliphatic heterocycles. The van der Waals surface area contributed by atoms with Crippen LogP contribution in [0.4, 0.5) is 0 Å². The van der Waals surface area contributed by atoms with Gasteiger partial charge in [0.1, 0.15) is 0 Å². The number of rotatable bonds is 7. The van der Waals surface area contributed by atoms with Gasteiger partial charge in [-0.3, -0.25) is 4.90 Å². The minimum Gasteiger partial charge on any atom is -0.395 e. The lowest BCUT2D eigenvalue weighted by Gasteiger charge is -2.23. The van der Waals surface area contributed by atoms with Gasteiger partial charge in [0, 0.05) is 36.7 Å². The van der Waals surface area contributed by atoms with Crippen LogP contribution in [0.1, 0.15) is 36.1 Å². The van der Waals surface area contributed by atoms with Crippen molar-refractivity contribution in [3.63, 3.8) is 0 Å². The highest BCUT2D eigenvalue weighted by molar-refractivity contribution is 5.36. The van der Waals surface area contributed by atoms with E-state index in [1.165, 1.54) is 16.7 Å². The van der Waals surface area contributed by atoms with Gasteiger partial charge in [-0.25, -0.2) is 0 Å². The van der Waals surface area contributed by atoms with E-state index >= 15 is 0 Å². The van der Waals surface area contributed by atoms with Crippen LogP contribution in [0.15, 0.2) is 84.5 Å². The lowest BCUT2D eigenvalue weighted by atomic mass is 10.1. The molecule has 1 aliphatic carbocycles. The van der Waals surface area contributed by atoms with E-state index in [0.29, 0.717) is 0 Å². The van der Waals surface area contributed by atoms with E-state index in [9.17, 15) is 5.11 Å². The van der Waals surface area contributed by atoms with Crippen LogP contribution in [0.25, 0.3) is 0 Å². The summed E-state index contributed by atoms with van der Waals surface area (Å²) >= 11 is 0. The van der Waals surface area contributed by atoms with E-state index in [0.717, 1.165) is 30.8 Å². The molecule has 0 heterocycles. The highest BCUT2D eigenvalue weighted by atomic mass is 16.3. The third kappa shape index (κ3) is 7.80. The predicted octanol–water partition coefficient (Wildman–Crippen LogP) is 5.34. The molecule has 0 aromatic heterocycles. The Morgan fingerprint density at radius 3 is 1.77 bits per heavy atom. The number of hydrogen-bond acceptors (Lipinski definition) is 2. The predicted molar refractivity (Wildman–Crippen MR) is 131 cm³/mol. The molecular weight excluding hydrogens is 378 g/mol. The first-order chi connectivity index (χ1) is 15.2. The van der Waals surface area contributed by atoms with Gasteiger partial charge >= 0.3 is 0 Å². The molecule has 1 aliphatic rings. The fourth-order valence-corrected chi connectivity index (χ4v) is 3.27. The maximum Gasteiger partial charge on any atom is 0.0528 e. The maximum atomic E-state index is 9.40. The highest BCUT2D eigenvalue weighted by Gasteiger charge is 2.11. The average Bonchev–Trinajstić information content (AvgIpc) is 3.06. The second kappa shape index (κ2) is 13.1. The largest absolute Gasteiger partial charge is 0.395 e. The maximum absolute atomic E-state index is 9.40. The molecule has 3 rings (SSSR count). The highest BCUT2D eigenvalue weighted by Crippen LogP contribution is 2.17. The van der Waals surface area contributed by atoms with Crippen molar-refractivity contribution in [2.24, 2.45) is 5.92 Å². The van der Waals surface area contributed by atoms with Gasteiger partial charge in [0.05, 0.1) is 6.61 Å². The van der Waals surface area contributed by atoms with Crippen LogP contribution in [0.5, 0.6) is 0 Å². The molecule has 0 radical (unpaired) electrons. The molecule has 2 aromatic rings. The minimum absolute atomic E-state index is 0.0739. The number of nitrogens with zero attached hydrogens (tertiary/aromatic N) is 1. The summed E-state index contributed by atoms with van der Waals surface area (Å²) in [5.74, 6) is 5.40. The Balaban J connectivity index is 0.00000166. The number of benzene rings is 2. The van der Waals surface area contributed by atoms with Crippen molar-refractivity contribution in [3.05, 3.63) is 107 Å². The van der Waals surface area contributed by atoms with Crippen molar-refractivity contribution < 1.29 is 5.11 Å². The third-order valence-electron chi connectivity index (χ3n) is 4.90. The Bertz CT molecular complexity index is 920. The summed E-state index contributed by atoms with van der Waals surface area (Å²) in [5.41, 5.74) is 5.41. The van der Waals surface area contributed by atoms with Gasteiger partial charge in [-0.05, 0) is 41.0 Å². The van der Waals surface area contributed by atoms with Gasteiger partial charge in [-0.1, -0.05) is 80.3 Å². The summed E-state index contributed by atoms with van der Waals surface area (Å²) in [7, 11) is 0. The fourth-order valence-electron chi connectivity index (χ4n) is 3.27. The van der Waals surface area contributed by atoms with Crippen LogP contribution < -0.4 is 0 Å². The van der Waals surface area contributed by atoms with E-state index in [1.807, 2.05) is 50.3 Å². The van der Waals surface area contributed by atoms with Crippen LogP contribution in [0, 0.1) is 30.6 Å². The van der Waals surface area contributed by atoms with E-state index in [2.05, 4.69) is 59.2 Å². The zero-order valence-electron chi connectivity index (χ0n) is 18.5. The Morgan fingerprint density at radius 1 is 0.806 bits per heavy atom. The van der Waals surface area contributed by atoms with Crippen LogP contribution in [-0.4, -0.2) is 23.2 Å². The molecule has 0 fully saturated rings. The Labute approximate surface area is 187 Å². The number of hydrogen-bond donors (Lipinski definition) is 1. The number of terminal acetylenes is 2. The lowest BCUT2D eigenvalue weighted by molar-refractivity contribution is 0.273. The van der Waals surface area contributed by atoms with Crippen molar-refractivity contribution in [1.82, 2.24) is 4.90 Å². The molecule has 1 atom stereocenters. The lowest BCUT2D eigenvalue weighted by Crippen LogP contribution is -2.25. The third-order valence-corrected chi connectivity index (χ3v) is 4.90. The number of aliphatic hydroxyl groups excluding tert-OH is 1. The molecule has 1 unspecified atom stereocenters. The molecule has 0 spiro atoms. The quantitative estimate of drug-likeness (QED) is 0.624. The SMILES string of the molecule is C#Cc1ccc(CN(CC2=CC=CC(CO)C=C2)Cc2ccc(C#C)cc2)cc1.CC. The molecule has 2 nitrogen and oxygen atoms in total. The van der Waals surface area contributed by atoms with Gasteiger partial charge in [0.2, 0.25) is 0 Å². The number of allylic oxidation sites excluding steroid dienone is 2. The molecular formula is C29H31NO. The van der Waals surface area contributed by atoms with Gasteiger partial charge in [-0.15, -0.1) is 12.8 Å². The van der Waals surface area contributed by atoms with Crippen LogP contribution in [0.2, 0.25) is 0 Å². The van der Waals surface area contributed by atoms with Crippen molar-refractivity contribution in [3.8, 4) is 24.7 Å². The minimum atomic E-state index is 0.0739. The number of aliphatic hydroxyl groups is 1. The van der Waals surface area contributed by atoms with Crippen molar-refractivity contribution in [2.75, 3.05) is 13.2 Å². The normalized spacial score (nSPS) is 14.6. The monoisotopic (exact) mass is 409 g/mol. The molecule has 1 N–H and O–H groups in total. The molecule has 0 amide bonds. The second-order valence-electron chi connectivity index (χ2n) is 7.16. The molecule has 31 heavy (non-hydrogen) atoms. The summed E-state index contributed by atoms with van der Waals surface area (Å²) in [6.07, 6.45) is 21.3. The Morgan fingerprint density at radius 2 is 1.32 bits per heavy atom. The Hall–Kier alpha value is -3.30. The van der Waals surface area contributed by atoms with Crippen LogP contribution in [0.3, 0.4) is 0 Å². The average molecular weight is 410 g/mol. The molecule has 2 heteroatoms. The van der Waals surface area contributed by atoms with E-state index in [-0.39, 0.29) is 12.5 Å². The Kier molecular flexibility index (Phi) is 10.1. The molecule has 0 saturated carbocycles. The summed E-state index contributed by atoms with van der Waals surface area (Å²) in [4.78, 5) is 2.39.